The van der Waals surface area contributed by atoms with Gasteiger partial charge >= 0.3 is 0 Å². The fourth-order valence-electron chi connectivity index (χ4n) is 3.18. The van der Waals surface area contributed by atoms with Crippen LogP contribution in [-0.4, -0.2) is 22.4 Å². The molecule has 2 unspecified atom stereocenters. The molecule has 0 bridgehead atoms. The fraction of sp³-hybridized carbons (Fsp3) is 0.333. The van der Waals surface area contributed by atoms with Gasteiger partial charge in [-0.25, -0.2) is 4.98 Å². The Morgan fingerprint density at radius 2 is 2.19 bits per heavy atom. The van der Waals surface area contributed by atoms with Crippen LogP contribution in [0.25, 0.3) is 17.1 Å². The summed E-state index contributed by atoms with van der Waals surface area (Å²) in [4.78, 5) is 19.7. The van der Waals surface area contributed by atoms with Gasteiger partial charge in [0.15, 0.2) is 0 Å². The highest BCUT2D eigenvalue weighted by molar-refractivity contribution is 5.91. The first-order valence-electron chi connectivity index (χ1n) is 9.18. The number of aromatic amines is 1. The number of imidazole rings is 1. The molecule has 1 fully saturated rings. The largest absolute Gasteiger partial charge is 0.461 e. The number of aryl methyl sites for hydroxylation is 1. The first kappa shape index (κ1) is 16.6. The Labute approximate surface area is 152 Å². The van der Waals surface area contributed by atoms with Crippen molar-refractivity contribution in [3.05, 3.63) is 59.8 Å². The number of fused-ring (bicyclic) bond motifs is 1. The van der Waals surface area contributed by atoms with Crippen molar-refractivity contribution in [1.29, 1.82) is 0 Å². The van der Waals surface area contributed by atoms with Gasteiger partial charge in [-0.1, -0.05) is 19.1 Å². The van der Waals surface area contributed by atoms with Crippen molar-refractivity contribution < 1.29 is 9.21 Å². The number of para-hydroxylation sites is 2. The van der Waals surface area contributed by atoms with Gasteiger partial charge in [0, 0.05) is 25.0 Å². The SMILES string of the molecule is CC1CC1c1ccc(/C=C/C(=O)NCCCc2nc3ccccc3[nH]2)o1. The highest BCUT2D eigenvalue weighted by Gasteiger charge is 2.36. The molecule has 4 rings (SSSR count). The maximum absolute atomic E-state index is 11.9. The molecule has 1 aliphatic rings. The third-order valence-electron chi connectivity index (χ3n) is 4.85. The predicted octanol–water partition coefficient (Wildman–Crippen LogP) is 4.04. The van der Waals surface area contributed by atoms with Crippen LogP contribution in [0, 0.1) is 5.92 Å². The van der Waals surface area contributed by atoms with Crippen LogP contribution in [0.1, 0.15) is 43.0 Å². The lowest BCUT2D eigenvalue weighted by Gasteiger charge is -2.00. The topological polar surface area (TPSA) is 70.9 Å². The lowest BCUT2D eigenvalue weighted by atomic mass is 10.3. The van der Waals surface area contributed by atoms with E-state index in [0.29, 0.717) is 18.4 Å². The number of rotatable bonds is 7. The van der Waals surface area contributed by atoms with E-state index >= 15 is 0 Å². The van der Waals surface area contributed by atoms with Gasteiger partial charge in [-0.05, 0) is 49.1 Å². The van der Waals surface area contributed by atoms with Gasteiger partial charge in [0.25, 0.3) is 0 Å². The van der Waals surface area contributed by atoms with E-state index in [1.165, 1.54) is 12.5 Å². The molecule has 26 heavy (non-hydrogen) atoms. The number of carbonyl (C=O) groups is 1. The number of carbonyl (C=O) groups excluding carboxylic acids is 1. The Bertz CT molecular complexity index is 905. The molecule has 1 amide bonds. The Balaban J connectivity index is 1.20. The first-order chi connectivity index (χ1) is 12.7. The summed E-state index contributed by atoms with van der Waals surface area (Å²) in [6.45, 7) is 2.84. The molecular weight excluding hydrogens is 326 g/mol. The van der Waals surface area contributed by atoms with Gasteiger partial charge < -0.3 is 14.7 Å². The average molecular weight is 349 g/mol. The van der Waals surface area contributed by atoms with E-state index in [2.05, 4.69) is 22.2 Å². The molecule has 1 aliphatic carbocycles. The molecule has 1 saturated carbocycles. The molecule has 5 nitrogen and oxygen atoms in total. The van der Waals surface area contributed by atoms with Crippen LogP contribution in [0.4, 0.5) is 0 Å². The molecule has 134 valence electrons. The molecule has 1 aromatic carbocycles. The lowest BCUT2D eigenvalue weighted by molar-refractivity contribution is -0.116. The van der Waals surface area contributed by atoms with E-state index < -0.39 is 0 Å². The maximum Gasteiger partial charge on any atom is 0.244 e. The zero-order chi connectivity index (χ0) is 17.9. The lowest BCUT2D eigenvalue weighted by Crippen LogP contribution is -2.22. The third kappa shape index (κ3) is 3.87. The second-order valence-electron chi connectivity index (χ2n) is 6.99. The molecule has 0 radical (unpaired) electrons. The molecule has 2 aromatic heterocycles. The van der Waals surface area contributed by atoms with E-state index in [1.54, 1.807) is 6.08 Å². The summed E-state index contributed by atoms with van der Waals surface area (Å²) in [6, 6.07) is 11.9. The monoisotopic (exact) mass is 349 g/mol. The summed E-state index contributed by atoms with van der Waals surface area (Å²) in [5.74, 6) is 3.89. The van der Waals surface area contributed by atoms with Crippen LogP contribution >= 0.6 is 0 Å². The minimum Gasteiger partial charge on any atom is -0.461 e. The zero-order valence-electron chi connectivity index (χ0n) is 14.9. The average Bonchev–Trinajstić information content (AvgIpc) is 3.06. The summed E-state index contributed by atoms with van der Waals surface area (Å²) >= 11 is 0. The first-order valence-corrected chi connectivity index (χ1v) is 9.18. The van der Waals surface area contributed by atoms with Gasteiger partial charge in [-0.15, -0.1) is 0 Å². The van der Waals surface area contributed by atoms with Crippen LogP contribution in [0.15, 0.2) is 46.9 Å². The normalized spacial score (nSPS) is 19.3. The Morgan fingerprint density at radius 1 is 1.35 bits per heavy atom. The van der Waals surface area contributed by atoms with Crippen LogP contribution in [0.5, 0.6) is 0 Å². The minimum atomic E-state index is -0.104. The number of hydrogen-bond donors (Lipinski definition) is 2. The van der Waals surface area contributed by atoms with Gasteiger partial charge in [-0.2, -0.15) is 0 Å². The second kappa shape index (κ2) is 7.20. The van der Waals surface area contributed by atoms with E-state index in [4.69, 9.17) is 4.42 Å². The summed E-state index contributed by atoms with van der Waals surface area (Å²) in [5.41, 5.74) is 2.03. The number of amides is 1. The number of aromatic nitrogens is 2. The molecule has 3 aromatic rings. The predicted molar refractivity (Wildman–Crippen MR) is 102 cm³/mol. The number of benzene rings is 1. The zero-order valence-corrected chi connectivity index (χ0v) is 14.9. The fourth-order valence-corrected chi connectivity index (χ4v) is 3.18. The Morgan fingerprint density at radius 3 is 3.00 bits per heavy atom. The number of nitrogens with zero attached hydrogens (tertiary/aromatic N) is 1. The maximum atomic E-state index is 11.9. The van der Waals surface area contributed by atoms with E-state index in [-0.39, 0.29) is 5.91 Å². The van der Waals surface area contributed by atoms with Crippen molar-refractivity contribution in [1.82, 2.24) is 15.3 Å². The summed E-state index contributed by atoms with van der Waals surface area (Å²) < 4.78 is 5.76. The highest BCUT2D eigenvalue weighted by Crippen LogP contribution is 2.47. The van der Waals surface area contributed by atoms with E-state index in [9.17, 15) is 4.79 Å². The third-order valence-corrected chi connectivity index (χ3v) is 4.85. The van der Waals surface area contributed by atoms with Gasteiger partial charge in [-0.3, -0.25) is 4.79 Å². The number of hydrogen-bond acceptors (Lipinski definition) is 3. The van der Waals surface area contributed by atoms with E-state index in [1.807, 2.05) is 36.4 Å². The number of H-pyrrole nitrogens is 1. The van der Waals surface area contributed by atoms with Crippen LogP contribution in [0.2, 0.25) is 0 Å². The number of nitrogens with one attached hydrogen (secondary N) is 2. The van der Waals surface area contributed by atoms with Gasteiger partial charge in [0.1, 0.15) is 17.3 Å². The van der Waals surface area contributed by atoms with Gasteiger partial charge in [0.2, 0.25) is 5.91 Å². The van der Waals surface area contributed by atoms with Crippen LogP contribution < -0.4 is 5.32 Å². The molecule has 0 aliphatic heterocycles. The minimum absolute atomic E-state index is 0.104. The molecular formula is C21H23N3O2. The van der Waals surface area contributed by atoms with Crippen molar-refractivity contribution in [3.8, 4) is 0 Å². The smallest absolute Gasteiger partial charge is 0.244 e. The van der Waals surface area contributed by atoms with Crippen molar-refractivity contribution >= 4 is 23.0 Å². The standard InChI is InChI=1S/C21H23N3O2/c1-14-13-16(14)19-10-8-15(26-19)9-11-21(25)22-12-4-7-20-23-17-5-2-3-6-18(17)24-20/h2-3,5-6,8-11,14,16H,4,7,12-13H2,1H3,(H,22,25)(H,23,24)/b11-9+. The van der Waals surface area contributed by atoms with Crippen LogP contribution in [-0.2, 0) is 11.2 Å². The Hall–Kier alpha value is -2.82. The van der Waals surface area contributed by atoms with E-state index in [0.717, 1.165) is 41.2 Å². The molecule has 2 heterocycles. The molecule has 5 heteroatoms. The van der Waals surface area contributed by atoms with Crippen LogP contribution in [0.3, 0.4) is 0 Å². The Kier molecular flexibility index (Phi) is 4.61. The summed E-state index contributed by atoms with van der Waals surface area (Å²) in [6.07, 6.45) is 6.09. The second-order valence-corrected chi connectivity index (χ2v) is 6.99. The van der Waals surface area contributed by atoms with Crippen molar-refractivity contribution in [2.45, 2.75) is 32.1 Å². The molecule has 2 N–H and O–H groups in total. The van der Waals surface area contributed by atoms with Crippen molar-refractivity contribution in [2.24, 2.45) is 5.92 Å². The molecule has 0 saturated heterocycles. The van der Waals surface area contributed by atoms with Crippen molar-refractivity contribution in [2.75, 3.05) is 6.54 Å². The quantitative estimate of drug-likeness (QED) is 0.499. The molecule has 0 spiro atoms. The number of furan rings is 1. The molecule has 2 atom stereocenters. The summed E-state index contributed by atoms with van der Waals surface area (Å²) in [7, 11) is 0. The highest BCUT2D eigenvalue weighted by atomic mass is 16.3. The van der Waals surface area contributed by atoms with Gasteiger partial charge in [0.05, 0.1) is 11.0 Å². The van der Waals surface area contributed by atoms with Crippen molar-refractivity contribution in [3.63, 3.8) is 0 Å². The summed E-state index contributed by atoms with van der Waals surface area (Å²) in [5, 5.41) is 2.90.